The van der Waals surface area contributed by atoms with Crippen LogP contribution in [0.15, 0.2) is 0 Å². The van der Waals surface area contributed by atoms with E-state index >= 15 is 0 Å². The molecule has 0 aromatic carbocycles. The summed E-state index contributed by atoms with van der Waals surface area (Å²) < 4.78 is 5.19. The van der Waals surface area contributed by atoms with E-state index in [0.717, 1.165) is 39.1 Å². The van der Waals surface area contributed by atoms with Crippen LogP contribution in [0.5, 0.6) is 0 Å². The summed E-state index contributed by atoms with van der Waals surface area (Å²) in [6.45, 7) is 5.78. The summed E-state index contributed by atoms with van der Waals surface area (Å²) in [5.74, 6) is -0.179. The Morgan fingerprint density at radius 1 is 1.57 bits per heavy atom. The van der Waals surface area contributed by atoms with Crippen LogP contribution in [0.25, 0.3) is 0 Å². The molecule has 0 bridgehead atoms. The van der Waals surface area contributed by atoms with Gasteiger partial charge in [-0.2, -0.15) is 0 Å². The largest absolute Gasteiger partial charge is 0.380 e. The number of carbonyl (C=O) groups is 1. The van der Waals surface area contributed by atoms with Crippen LogP contribution in [0.4, 0.5) is 0 Å². The number of rotatable bonds is 4. The summed E-state index contributed by atoms with van der Waals surface area (Å²) in [6, 6.07) is -0.0498. The van der Waals surface area contributed by atoms with Crippen LogP contribution in [0.1, 0.15) is 19.8 Å². The minimum atomic E-state index is -0.179. The Hall–Kier alpha value is -0.610. The smallest absolute Gasteiger partial charge is 0.234 e. The molecular formula is C10H18N2O2. The second-order valence-corrected chi connectivity index (χ2v) is 4.60. The number of hydrogen-bond donors (Lipinski definition) is 1. The van der Waals surface area contributed by atoms with E-state index in [4.69, 9.17) is 10.5 Å². The molecule has 80 valence electrons. The van der Waals surface area contributed by atoms with Crippen LogP contribution in [-0.2, 0) is 9.53 Å². The third-order valence-electron chi connectivity index (χ3n) is 3.22. The van der Waals surface area contributed by atoms with Gasteiger partial charge in [-0.05, 0) is 6.42 Å². The molecule has 1 atom stereocenters. The normalized spacial score (nSPS) is 26.6. The molecule has 1 spiro atoms. The highest BCUT2D eigenvalue weighted by Crippen LogP contribution is 2.39. The van der Waals surface area contributed by atoms with Gasteiger partial charge in [0, 0.05) is 18.5 Å². The Balaban J connectivity index is 1.85. The Bertz CT molecular complexity index is 230. The molecule has 4 heteroatoms. The second-order valence-electron chi connectivity index (χ2n) is 4.60. The van der Waals surface area contributed by atoms with Crippen LogP contribution in [0.3, 0.4) is 0 Å². The SMILES string of the molecule is CCCC(C(N)=O)N1CC2(COC2)C1. The van der Waals surface area contributed by atoms with E-state index < -0.39 is 0 Å². The zero-order chi connectivity index (χ0) is 10.2. The monoisotopic (exact) mass is 198 g/mol. The first-order valence-corrected chi connectivity index (χ1v) is 5.28. The zero-order valence-corrected chi connectivity index (χ0v) is 8.66. The average Bonchev–Trinajstić information content (AvgIpc) is 1.97. The van der Waals surface area contributed by atoms with Crippen molar-refractivity contribution in [3.8, 4) is 0 Å². The summed E-state index contributed by atoms with van der Waals surface area (Å²) >= 11 is 0. The van der Waals surface area contributed by atoms with Crippen molar-refractivity contribution in [1.82, 2.24) is 4.90 Å². The summed E-state index contributed by atoms with van der Waals surface area (Å²) in [7, 11) is 0. The van der Waals surface area contributed by atoms with Gasteiger partial charge in [-0.3, -0.25) is 9.69 Å². The van der Waals surface area contributed by atoms with Gasteiger partial charge in [0.25, 0.3) is 0 Å². The number of carbonyl (C=O) groups excluding carboxylic acids is 1. The van der Waals surface area contributed by atoms with Crippen LogP contribution in [0.2, 0.25) is 0 Å². The zero-order valence-electron chi connectivity index (χ0n) is 8.66. The third-order valence-corrected chi connectivity index (χ3v) is 3.22. The van der Waals surface area contributed by atoms with Crippen molar-refractivity contribution < 1.29 is 9.53 Å². The number of nitrogens with two attached hydrogens (primary N) is 1. The number of ether oxygens (including phenoxy) is 1. The van der Waals surface area contributed by atoms with E-state index in [0.29, 0.717) is 5.41 Å². The molecule has 2 aliphatic heterocycles. The van der Waals surface area contributed by atoms with Crippen molar-refractivity contribution in [3.63, 3.8) is 0 Å². The van der Waals surface area contributed by atoms with Gasteiger partial charge in [-0.1, -0.05) is 13.3 Å². The fourth-order valence-corrected chi connectivity index (χ4v) is 2.39. The molecule has 2 aliphatic rings. The van der Waals surface area contributed by atoms with E-state index in [1.54, 1.807) is 0 Å². The first kappa shape index (κ1) is 9.93. The van der Waals surface area contributed by atoms with Crippen LogP contribution < -0.4 is 5.73 Å². The highest BCUT2D eigenvalue weighted by atomic mass is 16.5. The van der Waals surface area contributed by atoms with E-state index in [9.17, 15) is 4.79 Å². The predicted octanol–water partition coefficient (Wildman–Crippen LogP) is -0.0274. The minimum Gasteiger partial charge on any atom is -0.380 e. The van der Waals surface area contributed by atoms with Gasteiger partial charge >= 0.3 is 0 Å². The molecule has 4 nitrogen and oxygen atoms in total. The number of nitrogens with zero attached hydrogens (tertiary/aromatic N) is 1. The first-order chi connectivity index (χ1) is 6.67. The molecule has 2 fully saturated rings. The molecule has 2 heterocycles. The standard InChI is InChI=1S/C10H18N2O2/c1-2-3-8(9(11)13)12-4-10(5-12)6-14-7-10/h8H,2-7H2,1H3,(H2,11,13). The maximum Gasteiger partial charge on any atom is 0.234 e. The topological polar surface area (TPSA) is 55.6 Å². The van der Waals surface area contributed by atoms with Crippen molar-refractivity contribution in [1.29, 1.82) is 0 Å². The summed E-state index contributed by atoms with van der Waals surface area (Å²) in [5, 5.41) is 0. The van der Waals surface area contributed by atoms with E-state index in [-0.39, 0.29) is 11.9 Å². The van der Waals surface area contributed by atoms with Gasteiger partial charge < -0.3 is 10.5 Å². The number of primary amides is 1. The maximum atomic E-state index is 11.2. The van der Waals surface area contributed by atoms with Crippen LogP contribution >= 0.6 is 0 Å². The maximum absolute atomic E-state index is 11.2. The van der Waals surface area contributed by atoms with E-state index in [1.165, 1.54) is 0 Å². The molecule has 14 heavy (non-hydrogen) atoms. The molecule has 0 aromatic rings. The van der Waals surface area contributed by atoms with Gasteiger partial charge in [-0.15, -0.1) is 0 Å². The Morgan fingerprint density at radius 2 is 2.21 bits per heavy atom. The molecule has 1 unspecified atom stereocenters. The molecule has 2 saturated heterocycles. The van der Waals surface area contributed by atoms with Gasteiger partial charge in [0.15, 0.2) is 0 Å². The lowest BCUT2D eigenvalue weighted by molar-refractivity contribution is -0.199. The molecule has 2 rings (SSSR count). The van der Waals surface area contributed by atoms with Gasteiger partial charge in [-0.25, -0.2) is 0 Å². The Morgan fingerprint density at radius 3 is 2.57 bits per heavy atom. The van der Waals surface area contributed by atoms with Crippen molar-refractivity contribution in [2.24, 2.45) is 11.1 Å². The first-order valence-electron chi connectivity index (χ1n) is 5.28. The number of hydrogen-bond acceptors (Lipinski definition) is 3. The highest BCUT2D eigenvalue weighted by molar-refractivity contribution is 5.80. The molecule has 1 amide bonds. The van der Waals surface area contributed by atoms with Crippen molar-refractivity contribution in [2.75, 3.05) is 26.3 Å². The molecule has 0 aliphatic carbocycles. The van der Waals surface area contributed by atoms with E-state index in [2.05, 4.69) is 11.8 Å². The summed E-state index contributed by atoms with van der Waals surface area (Å²) in [6.07, 6.45) is 1.89. The fourth-order valence-electron chi connectivity index (χ4n) is 2.39. The number of likely N-dealkylation sites (tertiary alicyclic amines) is 1. The highest BCUT2D eigenvalue weighted by Gasteiger charge is 2.51. The summed E-state index contributed by atoms with van der Waals surface area (Å²) in [4.78, 5) is 13.4. The molecule has 0 saturated carbocycles. The van der Waals surface area contributed by atoms with Gasteiger partial charge in [0.2, 0.25) is 5.91 Å². The lowest BCUT2D eigenvalue weighted by atomic mass is 9.77. The molecular weight excluding hydrogens is 180 g/mol. The van der Waals surface area contributed by atoms with Crippen molar-refractivity contribution in [2.45, 2.75) is 25.8 Å². The van der Waals surface area contributed by atoms with Crippen LogP contribution in [0, 0.1) is 5.41 Å². The fraction of sp³-hybridized carbons (Fsp3) is 0.900. The van der Waals surface area contributed by atoms with Gasteiger partial charge in [0.05, 0.1) is 19.3 Å². The van der Waals surface area contributed by atoms with E-state index in [1.807, 2.05) is 0 Å². The number of amides is 1. The lowest BCUT2D eigenvalue weighted by Crippen LogP contribution is -2.69. The van der Waals surface area contributed by atoms with Crippen molar-refractivity contribution >= 4 is 5.91 Å². The minimum absolute atomic E-state index is 0.0498. The van der Waals surface area contributed by atoms with Crippen LogP contribution in [-0.4, -0.2) is 43.2 Å². The Kier molecular flexibility index (Phi) is 2.49. The molecule has 0 radical (unpaired) electrons. The third kappa shape index (κ3) is 1.53. The lowest BCUT2D eigenvalue weighted by Gasteiger charge is -2.56. The van der Waals surface area contributed by atoms with Crippen molar-refractivity contribution in [3.05, 3.63) is 0 Å². The average molecular weight is 198 g/mol. The summed E-state index contributed by atoms with van der Waals surface area (Å²) in [5.41, 5.74) is 5.75. The Labute approximate surface area is 84.4 Å². The molecule has 0 aromatic heterocycles. The van der Waals surface area contributed by atoms with Gasteiger partial charge in [0.1, 0.15) is 0 Å². The second kappa shape index (κ2) is 3.51. The quantitative estimate of drug-likeness (QED) is 0.690. The molecule has 2 N–H and O–H groups in total. The predicted molar refractivity (Wildman–Crippen MR) is 52.7 cm³/mol.